The molecule has 27 heavy (non-hydrogen) atoms. The number of aliphatic hydroxyl groups excluding tert-OH is 1. The summed E-state index contributed by atoms with van der Waals surface area (Å²) >= 11 is 5.63. The molecule has 0 bridgehead atoms. The first-order chi connectivity index (χ1) is 13.1. The van der Waals surface area contributed by atoms with Crippen LogP contribution in [0.25, 0.3) is 11.5 Å². The van der Waals surface area contributed by atoms with Crippen molar-refractivity contribution in [2.24, 2.45) is 0 Å². The zero-order chi connectivity index (χ0) is 19.2. The number of hydrogen-bond donors (Lipinski definition) is 2. The van der Waals surface area contributed by atoms with Gasteiger partial charge in [0.2, 0.25) is 0 Å². The average molecular weight is 377 g/mol. The van der Waals surface area contributed by atoms with Crippen LogP contribution in [0.15, 0.2) is 79.1 Å². The second-order valence-electron chi connectivity index (χ2n) is 6.03. The van der Waals surface area contributed by atoms with Crippen LogP contribution in [-0.4, -0.2) is 17.2 Å². The van der Waals surface area contributed by atoms with Crippen LogP contribution in [0.2, 0.25) is 0 Å². The molecule has 0 unspecified atom stereocenters. The first-order valence-electron chi connectivity index (χ1n) is 8.51. The maximum Gasteiger partial charge on any atom is 0.288 e. The molecule has 0 spiro atoms. The third kappa shape index (κ3) is 4.51. The van der Waals surface area contributed by atoms with Gasteiger partial charge in [-0.25, -0.2) is 0 Å². The number of thiocarbonyl (C=S) groups is 1. The van der Waals surface area contributed by atoms with Crippen LogP contribution in [0.3, 0.4) is 0 Å². The van der Waals surface area contributed by atoms with E-state index in [-0.39, 0.29) is 5.76 Å². The van der Waals surface area contributed by atoms with E-state index in [0.717, 1.165) is 17.0 Å². The number of nitrogens with zero attached hydrogens (tertiary/aromatic N) is 1. The van der Waals surface area contributed by atoms with Gasteiger partial charge in [-0.3, -0.25) is 0 Å². The lowest BCUT2D eigenvalue weighted by Crippen LogP contribution is -2.38. The molecule has 0 fully saturated rings. The molecule has 2 N–H and O–H groups in total. The minimum Gasteiger partial charge on any atom is -0.502 e. The smallest absolute Gasteiger partial charge is 0.288 e. The molecule has 1 heterocycles. The van der Waals surface area contributed by atoms with E-state index < -0.39 is 0 Å². The van der Waals surface area contributed by atoms with E-state index in [4.69, 9.17) is 17.0 Å². The van der Waals surface area contributed by atoms with Gasteiger partial charge in [-0.05, 0) is 19.1 Å². The molecular weight excluding hydrogens is 356 g/mol. The van der Waals surface area contributed by atoms with Crippen molar-refractivity contribution in [3.8, 4) is 5.75 Å². The van der Waals surface area contributed by atoms with Gasteiger partial charge in [-0.15, -0.1) is 0 Å². The van der Waals surface area contributed by atoms with Crippen molar-refractivity contribution in [1.29, 1.82) is 0 Å². The number of aryl methyl sites for hydroxylation is 1. The van der Waals surface area contributed by atoms with E-state index in [9.17, 15) is 5.11 Å². The van der Waals surface area contributed by atoms with Crippen molar-refractivity contribution in [2.75, 3.05) is 12.4 Å². The predicted molar refractivity (Wildman–Crippen MR) is 113 cm³/mol. The van der Waals surface area contributed by atoms with E-state index in [1.54, 1.807) is 11.7 Å². The fraction of sp³-hybridized carbons (Fsp3) is 0.0909. The maximum absolute atomic E-state index is 11.0. The van der Waals surface area contributed by atoms with Gasteiger partial charge >= 0.3 is 0 Å². The minimum atomic E-state index is 0.103. The van der Waals surface area contributed by atoms with Gasteiger partial charge in [0.05, 0.1) is 7.11 Å². The van der Waals surface area contributed by atoms with Crippen LogP contribution in [-0.2, 0) is 0 Å². The van der Waals surface area contributed by atoms with Gasteiger partial charge in [-0.2, -0.15) is 4.57 Å². The van der Waals surface area contributed by atoms with Crippen LogP contribution in [0.1, 0.15) is 11.1 Å². The second kappa shape index (κ2) is 8.47. The fourth-order valence-electron chi connectivity index (χ4n) is 2.63. The van der Waals surface area contributed by atoms with E-state index >= 15 is 0 Å². The predicted octanol–water partition coefficient (Wildman–Crippen LogP) is 4.61. The Kier molecular flexibility index (Phi) is 5.84. The summed E-state index contributed by atoms with van der Waals surface area (Å²) in [7, 11) is 1.62. The largest absolute Gasteiger partial charge is 0.502 e. The van der Waals surface area contributed by atoms with E-state index in [1.807, 2.05) is 86.0 Å². The minimum absolute atomic E-state index is 0.103. The summed E-state index contributed by atoms with van der Waals surface area (Å²) in [6.45, 7) is 2.01. The summed E-state index contributed by atoms with van der Waals surface area (Å²) < 4.78 is 7.06. The van der Waals surface area contributed by atoms with E-state index in [2.05, 4.69) is 5.32 Å². The topological polar surface area (TPSA) is 45.4 Å². The number of anilines is 1. The Balaban J connectivity index is 2.03. The molecule has 5 heteroatoms. The number of hydrogen-bond acceptors (Lipinski definition) is 3. The van der Waals surface area contributed by atoms with E-state index in [1.165, 1.54) is 0 Å². The van der Waals surface area contributed by atoms with Crippen molar-refractivity contribution in [2.45, 2.75) is 6.92 Å². The van der Waals surface area contributed by atoms with Crippen LogP contribution >= 0.6 is 12.2 Å². The van der Waals surface area contributed by atoms with Crippen LogP contribution in [0, 0.1) is 6.92 Å². The third-order valence-corrected chi connectivity index (χ3v) is 4.36. The molecule has 0 saturated carbocycles. The molecule has 0 aliphatic rings. The van der Waals surface area contributed by atoms with Gasteiger partial charge in [0.15, 0.2) is 23.1 Å². The van der Waals surface area contributed by atoms with Crippen molar-refractivity contribution in [3.05, 3.63) is 90.3 Å². The quantitative estimate of drug-likeness (QED) is 0.295. The molecule has 0 aliphatic carbocycles. The normalized spacial score (nSPS) is 11.5. The van der Waals surface area contributed by atoms with Crippen molar-refractivity contribution in [3.63, 3.8) is 0 Å². The fourth-order valence-corrected chi connectivity index (χ4v) is 2.95. The standard InChI is InChI=1S/C22H20N2O2S/c1-16-9-11-17(12-10-16)21(25)20(24-13-4-3-5-14-24)22(27)23-18-7-6-8-19(15-18)26-2/h3-15H,1-2H3,(H-,23,25,27)/p+1. The van der Waals surface area contributed by atoms with Crippen molar-refractivity contribution in [1.82, 2.24) is 0 Å². The molecule has 1 aromatic heterocycles. The zero-order valence-corrected chi connectivity index (χ0v) is 16.0. The second-order valence-corrected chi connectivity index (χ2v) is 6.44. The highest BCUT2D eigenvalue weighted by Crippen LogP contribution is 2.21. The summed E-state index contributed by atoms with van der Waals surface area (Å²) in [5, 5.41) is 14.2. The molecule has 0 saturated heterocycles. The first kappa shape index (κ1) is 18.6. The SMILES string of the molecule is COc1cccc(NC(=S)C(=C(O)c2ccc(C)cc2)[n+]2ccccc2)c1. The molecule has 3 rings (SSSR count). The number of rotatable bonds is 5. The van der Waals surface area contributed by atoms with Crippen molar-refractivity contribution >= 4 is 34.3 Å². The maximum atomic E-state index is 11.0. The molecule has 3 aromatic rings. The molecule has 0 atom stereocenters. The summed E-state index contributed by atoms with van der Waals surface area (Å²) in [4.78, 5) is 0.400. The Morgan fingerprint density at radius 3 is 2.37 bits per heavy atom. The number of ether oxygens (including phenoxy) is 1. The monoisotopic (exact) mass is 377 g/mol. The number of aromatic nitrogens is 1. The lowest BCUT2D eigenvalue weighted by atomic mass is 10.1. The number of nitrogens with one attached hydrogen (secondary N) is 1. The van der Waals surface area contributed by atoms with Crippen LogP contribution in [0.5, 0.6) is 5.75 Å². The average Bonchev–Trinajstić information content (AvgIpc) is 2.69. The Hall–Kier alpha value is -3.18. The molecule has 0 aliphatic heterocycles. The Bertz CT molecular complexity index is 967. The summed E-state index contributed by atoms with van der Waals surface area (Å²) in [5.41, 5.74) is 3.10. The van der Waals surface area contributed by atoms with E-state index in [0.29, 0.717) is 16.2 Å². The highest BCUT2D eigenvalue weighted by atomic mass is 32.1. The van der Waals surface area contributed by atoms with Gasteiger partial charge in [-0.1, -0.05) is 54.2 Å². The molecule has 4 nitrogen and oxygen atoms in total. The molecular formula is C22H21N2O2S+. The Morgan fingerprint density at radius 2 is 1.70 bits per heavy atom. The Labute approximate surface area is 164 Å². The zero-order valence-electron chi connectivity index (χ0n) is 15.2. The lowest BCUT2D eigenvalue weighted by molar-refractivity contribution is -0.575. The van der Waals surface area contributed by atoms with Crippen LogP contribution in [0.4, 0.5) is 5.69 Å². The van der Waals surface area contributed by atoms with Crippen molar-refractivity contribution < 1.29 is 14.4 Å². The molecule has 2 aromatic carbocycles. The molecule has 0 radical (unpaired) electrons. The number of methoxy groups -OCH3 is 1. The Morgan fingerprint density at radius 1 is 1.00 bits per heavy atom. The summed E-state index contributed by atoms with van der Waals surface area (Å²) in [6.07, 6.45) is 3.69. The van der Waals surface area contributed by atoms with Gasteiger partial charge in [0.25, 0.3) is 5.70 Å². The molecule has 0 amide bonds. The molecule has 136 valence electrons. The van der Waals surface area contributed by atoms with Gasteiger partial charge < -0.3 is 15.2 Å². The highest BCUT2D eigenvalue weighted by Gasteiger charge is 2.23. The number of aliphatic hydroxyl groups is 1. The van der Waals surface area contributed by atoms with Gasteiger partial charge in [0, 0.05) is 29.4 Å². The third-order valence-electron chi connectivity index (χ3n) is 4.07. The summed E-state index contributed by atoms with van der Waals surface area (Å²) in [6, 6.07) is 20.8. The van der Waals surface area contributed by atoms with Crippen LogP contribution < -0.4 is 14.6 Å². The highest BCUT2D eigenvalue weighted by molar-refractivity contribution is 7.81. The summed E-state index contributed by atoms with van der Waals surface area (Å²) in [5.74, 6) is 0.829. The number of benzene rings is 2. The lowest BCUT2D eigenvalue weighted by Gasteiger charge is -2.11. The number of pyridine rings is 1. The first-order valence-corrected chi connectivity index (χ1v) is 8.91. The van der Waals surface area contributed by atoms with Gasteiger partial charge in [0.1, 0.15) is 5.75 Å².